The molecule has 1 N–H and O–H groups in total. The van der Waals surface area contributed by atoms with E-state index in [1.165, 1.54) is 6.07 Å². The number of hydrogen-bond acceptors (Lipinski definition) is 2. The van der Waals surface area contributed by atoms with Crippen molar-refractivity contribution in [1.29, 1.82) is 0 Å². The van der Waals surface area contributed by atoms with Gasteiger partial charge in [0.2, 0.25) is 0 Å². The predicted molar refractivity (Wildman–Crippen MR) is 65.8 cm³/mol. The standard InChI is InChI=1S/C14H18FNO/c1-9-7-10(2)13(12(15)8-9)14(17)11-3-5-16-6-4-11/h7-8,11,16H,3-6H2,1-2H3. The van der Waals surface area contributed by atoms with Gasteiger partial charge in [-0.15, -0.1) is 0 Å². The summed E-state index contributed by atoms with van der Waals surface area (Å²) in [4.78, 5) is 12.3. The average molecular weight is 235 g/mol. The van der Waals surface area contributed by atoms with Crippen molar-refractivity contribution in [2.75, 3.05) is 13.1 Å². The van der Waals surface area contributed by atoms with Crippen LogP contribution in [0.5, 0.6) is 0 Å². The Bertz CT molecular complexity index is 413. The van der Waals surface area contributed by atoms with Gasteiger partial charge in [-0.3, -0.25) is 4.79 Å². The average Bonchev–Trinajstić information content (AvgIpc) is 2.28. The summed E-state index contributed by atoms with van der Waals surface area (Å²) in [6.07, 6.45) is 1.62. The summed E-state index contributed by atoms with van der Waals surface area (Å²) in [6.45, 7) is 5.35. The largest absolute Gasteiger partial charge is 0.317 e. The minimum absolute atomic E-state index is 0.0212. The van der Waals surface area contributed by atoms with Crippen LogP contribution in [0, 0.1) is 25.6 Å². The third-order valence-electron chi connectivity index (χ3n) is 3.39. The summed E-state index contributed by atoms with van der Waals surface area (Å²) in [6, 6.07) is 3.32. The number of hydrogen-bond donors (Lipinski definition) is 1. The van der Waals surface area contributed by atoms with Gasteiger partial charge in [0.15, 0.2) is 5.78 Å². The van der Waals surface area contributed by atoms with Crippen LogP contribution in [0.2, 0.25) is 0 Å². The molecule has 2 nitrogen and oxygen atoms in total. The van der Waals surface area contributed by atoms with Crippen LogP contribution in [-0.2, 0) is 0 Å². The predicted octanol–water partition coefficient (Wildman–Crippen LogP) is 2.62. The summed E-state index contributed by atoms with van der Waals surface area (Å²) in [5.74, 6) is -0.417. The van der Waals surface area contributed by atoms with Crippen LogP contribution >= 0.6 is 0 Å². The molecule has 1 aromatic carbocycles. The van der Waals surface area contributed by atoms with Gasteiger partial charge in [0.25, 0.3) is 0 Å². The van der Waals surface area contributed by atoms with Crippen molar-refractivity contribution >= 4 is 5.78 Å². The molecule has 1 aliphatic heterocycles. The van der Waals surface area contributed by atoms with Gasteiger partial charge in [-0.05, 0) is 57.0 Å². The first-order valence-electron chi connectivity index (χ1n) is 6.11. The molecule has 3 heteroatoms. The van der Waals surface area contributed by atoms with E-state index in [2.05, 4.69) is 5.32 Å². The Morgan fingerprint density at radius 1 is 1.29 bits per heavy atom. The lowest BCUT2D eigenvalue weighted by atomic mass is 9.87. The number of rotatable bonds is 2. The quantitative estimate of drug-likeness (QED) is 0.798. The molecule has 0 unspecified atom stereocenters. The second-order valence-electron chi connectivity index (χ2n) is 4.83. The Morgan fingerprint density at radius 2 is 1.94 bits per heavy atom. The van der Waals surface area contributed by atoms with Crippen LogP contribution in [0.25, 0.3) is 0 Å². The Labute approximate surface area is 101 Å². The highest BCUT2D eigenvalue weighted by molar-refractivity contribution is 5.99. The molecular weight excluding hydrogens is 217 g/mol. The number of aryl methyl sites for hydroxylation is 2. The summed E-state index contributed by atoms with van der Waals surface area (Å²) >= 11 is 0. The van der Waals surface area contributed by atoms with Gasteiger partial charge >= 0.3 is 0 Å². The molecule has 92 valence electrons. The lowest BCUT2D eigenvalue weighted by Gasteiger charge is -2.22. The molecule has 1 heterocycles. The molecule has 0 saturated carbocycles. The molecule has 17 heavy (non-hydrogen) atoms. The van der Waals surface area contributed by atoms with Crippen molar-refractivity contribution in [2.24, 2.45) is 5.92 Å². The van der Waals surface area contributed by atoms with Gasteiger partial charge < -0.3 is 5.32 Å². The van der Waals surface area contributed by atoms with Crippen molar-refractivity contribution in [1.82, 2.24) is 5.32 Å². The van der Waals surface area contributed by atoms with Crippen LogP contribution in [0.1, 0.15) is 34.3 Å². The number of halogens is 1. The number of Topliss-reactive ketones (excluding diaryl/α,β-unsaturated/α-hetero) is 1. The fourth-order valence-electron chi connectivity index (χ4n) is 2.52. The maximum Gasteiger partial charge on any atom is 0.169 e. The molecule has 1 aromatic rings. The lowest BCUT2D eigenvalue weighted by molar-refractivity contribution is 0.0890. The van der Waals surface area contributed by atoms with Gasteiger partial charge in [-0.1, -0.05) is 6.07 Å². The van der Waals surface area contributed by atoms with Crippen molar-refractivity contribution in [2.45, 2.75) is 26.7 Å². The Hall–Kier alpha value is -1.22. The summed E-state index contributed by atoms with van der Waals surface area (Å²) in [5.41, 5.74) is 1.91. The van der Waals surface area contributed by atoms with Crippen LogP contribution in [-0.4, -0.2) is 18.9 Å². The number of ketones is 1. The highest BCUT2D eigenvalue weighted by Gasteiger charge is 2.25. The van der Waals surface area contributed by atoms with E-state index in [-0.39, 0.29) is 17.5 Å². The molecule has 0 bridgehead atoms. The summed E-state index contributed by atoms with van der Waals surface area (Å²) in [7, 11) is 0. The van der Waals surface area contributed by atoms with E-state index in [1.807, 2.05) is 19.9 Å². The van der Waals surface area contributed by atoms with Gasteiger partial charge in [-0.2, -0.15) is 0 Å². The third kappa shape index (κ3) is 2.55. The van der Waals surface area contributed by atoms with E-state index in [4.69, 9.17) is 0 Å². The summed E-state index contributed by atoms with van der Waals surface area (Å²) < 4.78 is 13.9. The molecule has 1 fully saturated rings. The van der Waals surface area contributed by atoms with E-state index in [0.29, 0.717) is 5.56 Å². The SMILES string of the molecule is Cc1cc(C)c(C(=O)C2CCNCC2)c(F)c1. The minimum atomic E-state index is -0.369. The van der Waals surface area contributed by atoms with Crippen molar-refractivity contribution in [3.05, 3.63) is 34.6 Å². The van der Waals surface area contributed by atoms with E-state index >= 15 is 0 Å². The fourth-order valence-corrected chi connectivity index (χ4v) is 2.52. The first-order chi connectivity index (χ1) is 8.09. The van der Waals surface area contributed by atoms with Crippen molar-refractivity contribution in [3.63, 3.8) is 0 Å². The molecule has 2 rings (SSSR count). The molecule has 0 amide bonds. The normalized spacial score (nSPS) is 17.1. The monoisotopic (exact) mass is 235 g/mol. The molecule has 0 aromatic heterocycles. The second-order valence-corrected chi connectivity index (χ2v) is 4.83. The zero-order chi connectivity index (χ0) is 12.4. The Balaban J connectivity index is 2.30. The molecule has 0 aliphatic carbocycles. The maximum absolute atomic E-state index is 13.9. The molecule has 0 atom stereocenters. The van der Waals surface area contributed by atoms with Crippen LogP contribution in [0.3, 0.4) is 0 Å². The van der Waals surface area contributed by atoms with E-state index < -0.39 is 0 Å². The second kappa shape index (κ2) is 4.96. The number of benzene rings is 1. The number of carbonyl (C=O) groups is 1. The topological polar surface area (TPSA) is 29.1 Å². The number of nitrogens with one attached hydrogen (secondary N) is 1. The molecule has 0 spiro atoms. The van der Waals surface area contributed by atoms with Crippen LogP contribution in [0.4, 0.5) is 4.39 Å². The van der Waals surface area contributed by atoms with Gasteiger partial charge in [0, 0.05) is 5.92 Å². The molecule has 1 aliphatic rings. The van der Waals surface area contributed by atoms with E-state index in [9.17, 15) is 9.18 Å². The highest BCUT2D eigenvalue weighted by atomic mass is 19.1. The van der Waals surface area contributed by atoms with Crippen molar-refractivity contribution < 1.29 is 9.18 Å². The summed E-state index contributed by atoms with van der Waals surface area (Å²) in [5, 5.41) is 3.21. The Kier molecular flexibility index (Phi) is 3.57. The third-order valence-corrected chi connectivity index (χ3v) is 3.39. The minimum Gasteiger partial charge on any atom is -0.317 e. The van der Waals surface area contributed by atoms with Crippen molar-refractivity contribution in [3.8, 4) is 0 Å². The first kappa shape index (κ1) is 12.2. The van der Waals surface area contributed by atoms with Gasteiger partial charge in [0.05, 0.1) is 5.56 Å². The zero-order valence-electron chi connectivity index (χ0n) is 10.3. The smallest absolute Gasteiger partial charge is 0.169 e. The number of carbonyl (C=O) groups excluding carboxylic acids is 1. The highest BCUT2D eigenvalue weighted by Crippen LogP contribution is 2.23. The van der Waals surface area contributed by atoms with E-state index in [0.717, 1.165) is 37.1 Å². The molecular formula is C14H18FNO. The lowest BCUT2D eigenvalue weighted by Crippen LogP contribution is -2.32. The Morgan fingerprint density at radius 3 is 2.53 bits per heavy atom. The first-order valence-corrected chi connectivity index (χ1v) is 6.11. The maximum atomic E-state index is 13.9. The van der Waals surface area contributed by atoms with Gasteiger partial charge in [-0.25, -0.2) is 4.39 Å². The van der Waals surface area contributed by atoms with Crippen LogP contribution < -0.4 is 5.32 Å². The van der Waals surface area contributed by atoms with E-state index in [1.54, 1.807) is 0 Å². The van der Waals surface area contributed by atoms with Gasteiger partial charge in [0.1, 0.15) is 5.82 Å². The molecule has 1 saturated heterocycles. The molecule has 0 radical (unpaired) electrons. The number of piperidine rings is 1. The zero-order valence-corrected chi connectivity index (χ0v) is 10.3. The van der Waals surface area contributed by atoms with Crippen LogP contribution in [0.15, 0.2) is 12.1 Å². The fraction of sp³-hybridized carbons (Fsp3) is 0.500.